The normalized spacial score (nSPS) is 10.4. The molecule has 2 N–H and O–H groups in total. The number of benzene rings is 2. The van der Waals surface area contributed by atoms with Crippen LogP contribution in [0.15, 0.2) is 60.8 Å². The number of amides is 1. The largest absolute Gasteiger partial charge is 0.494 e. The molecule has 1 amide bonds. The highest BCUT2D eigenvalue weighted by Crippen LogP contribution is 2.20. The Morgan fingerprint density at radius 1 is 1.17 bits per heavy atom. The first-order chi connectivity index (χ1) is 11.8. The smallest absolute Gasteiger partial charge is 0.255 e. The van der Waals surface area contributed by atoms with Gasteiger partial charge in [0, 0.05) is 12.1 Å². The number of carbonyl (C=O) groups excluding carboxylic acids is 1. The lowest BCUT2D eigenvalue weighted by atomic mass is 10.1. The third-order valence-electron chi connectivity index (χ3n) is 3.61. The van der Waals surface area contributed by atoms with Gasteiger partial charge < -0.3 is 10.1 Å². The third kappa shape index (κ3) is 3.63. The predicted molar refractivity (Wildman–Crippen MR) is 92.8 cm³/mol. The van der Waals surface area contributed by atoms with Crippen LogP contribution >= 0.6 is 0 Å². The van der Waals surface area contributed by atoms with Crippen LogP contribution in [0.2, 0.25) is 0 Å². The van der Waals surface area contributed by atoms with Gasteiger partial charge in [0.15, 0.2) is 0 Å². The quantitative estimate of drug-likeness (QED) is 0.731. The Kier molecular flexibility index (Phi) is 4.91. The van der Waals surface area contributed by atoms with Crippen molar-refractivity contribution in [1.29, 1.82) is 0 Å². The Bertz CT molecular complexity index is 812. The van der Waals surface area contributed by atoms with Crippen LogP contribution in [-0.2, 0) is 6.54 Å². The summed E-state index contributed by atoms with van der Waals surface area (Å²) in [6.45, 7) is 2.99. The summed E-state index contributed by atoms with van der Waals surface area (Å²) in [4.78, 5) is 12.5. The standard InChI is InChI=1S/C19H19N3O2/c1-2-24-16-10-6-7-14(11-16)12-20-19(23)17-13-21-22-18(17)15-8-4-3-5-9-15/h3-11,13H,2,12H2,1H3,(H,20,23)(H,21,22). The number of hydrogen-bond acceptors (Lipinski definition) is 3. The van der Waals surface area contributed by atoms with E-state index in [1.165, 1.54) is 0 Å². The number of aromatic nitrogens is 2. The molecule has 0 fully saturated rings. The van der Waals surface area contributed by atoms with E-state index in [0.717, 1.165) is 22.6 Å². The molecule has 24 heavy (non-hydrogen) atoms. The van der Waals surface area contributed by atoms with Gasteiger partial charge in [-0.25, -0.2) is 0 Å². The van der Waals surface area contributed by atoms with Crippen LogP contribution < -0.4 is 10.1 Å². The molecule has 122 valence electrons. The van der Waals surface area contributed by atoms with E-state index in [1.54, 1.807) is 6.20 Å². The number of ether oxygens (including phenoxy) is 1. The van der Waals surface area contributed by atoms with Crippen molar-refractivity contribution in [3.63, 3.8) is 0 Å². The van der Waals surface area contributed by atoms with E-state index in [-0.39, 0.29) is 5.91 Å². The van der Waals surface area contributed by atoms with Crippen LogP contribution in [0.1, 0.15) is 22.8 Å². The van der Waals surface area contributed by atoms with Crippen molar-refractivity contribution in [3.8, 4) is 17.0 Å². The second-order valence-electron chi connectivity index (χ2n) is 5.29. The molecule has 0 radical (unpaired) electrons. The highest BCUT2D eigenvalue weighted by atomic mass is 16.5. The maximum absolute atomic E-state index is 12.5. The van der Waals surface area contributed by atoms with Gasteiger partial charge in [-0.05, 0) is 24.6 Å². The number of carbonyl (C=O) groups is 1. The average molecular weight is 321 g/mol. The van der Waals surface area contributed by atoms with Crippen LogP contribution in [-0.4, -0.2) is 22.7 Å². The SMILES string of the molecule is CCOc1cccc(CNC(=O)c2cn[nH]c2-c2ccccc2)c1. The summed E-state index contributed by atoms with van der Waals surface area (Å²) in [7, 11) is 0. The molecule has 0 spiro atoms. The van der Waals surface area contributed by atoms with Gasteiger partial charge in [-0.15, -0.1) is 0 Å². The molecule has 0 aliphatic heterocycles. The monoisotopic (exact) mass is 321 g/mol. The van der Waals surface area contributed by atoms with E-state index in [0.29, 0.717) is 18.7 Å². The highest BCUT2D eigenvalue weighted by molar-refractivity contribution is 5.99. The Labute approximate surface area is 140 Å². The van der Waals surface area contributed by atoms with Crippen molar-refractivity contribution >= 4 is 5.91 Å². The molecule has 0 aliphatic rings. The number of nitrogens with one attached hydrogen (secondary N) is 2. The molecule has 0 aliphatic carbocycles. The molecule has 0 atom stereocenters. The van der Waals surface area contributed by atoms with Crippen LogP contribution in [0, 0.1) is 0 Å². The second kappa shape index (κ2) is 7.46. The maximum atomic E-state index is 12.5. The van der Waals surface area contributed by atoms with E-state index in [9.17, 15) is 4.79 Å². The molecule has 2 aromatic carbocycles. The molecule has 3 aromatic rings. The van der Waals surface area contributed by atoms with Crippen molar-refractivity contribution < 1.29 is 9.53 Å². The van der Waals surface area contributed by atoms with Gasteiger partial charge in [0.1, 0.15) is 5.75 Å². The zero-order chi connectivity index (χ0) is 16.8. The number of H-pyrrole nitrogens is 1. The summed E-state index contributed by atoms with van der Waals surface area (Å²) in [6, 6.07) is 17.4. The summed E-state index contributed by atoms with van der Waals surface area (Å²) in [5.74, 6) is 0.641. The van der Waals surface area contributed by atoms with Crippen LogP contribution in [0.4, 0.5) is 0 Å². The maximum Gasteiger partial charge on any atom is 0.255 e. The van der Waals surface area contributed by atoms with Crippen molar-refractivity contribution in [2.45, 2.75) is 13.5 Å². The molecule has 0 saturated carbocycles. The molecule has 3 rings (SSSR count). The Morgan fingerprint density at radius 2 is 2.00 bits per heavy atom. The van der Waals surface area contributed by atoms with E-state index < -0.39 is 0 Å². The lowest BCUT2D eigenvalue weighted by Gasteiger charge is -2.08. The minimum atomic E-state index is -0.163. The van der Waals surface area contributed by atoms with E-state index in [1.807, 2.05) is 61.5 Å². The molecule has 0 saturated heterocycles. The minimum Gasteiger partial charge on any atom is -0.494 e. The zero-order valence-electron chi connectivity index (χ0n) is 13.5. The summed E-state index contributed by atoms with van der Waals surface area (Å²) in [6.07, 6.45) is 1.55. The van der Waals surface area contributed by atoms with Crippen LogP contribution in [0.3, 0.4) is 0 Å². The Hall–Kier alpha value is -3.08. The van der Waals surface area contributed by atoms with Gasteiger partial charge >= 0.3 is 0 Å². The summed E-state index contributed by atoms with van der Waals surface area (Å²) in [5, 5.41) is 9.83. The number of aromatic amines is 1. The van der Waals surface area contributed by atoms with Gasteiger partial charge in [-0.2, -0.15) is 5.10 Å². The summed E-state index contributed by atoms with van der Waals surface area (Å²) < 4.78 is 5.47. The molecule has 0 unspecified atom stereocenters. The zero-order valence-corrected chi connectivity index (χ0v) is 13.5. The van der Waals surface area contributed by atoms with E-state index in [2.05, 4.69) is 15.5 Å². The number of rotatable bonds is 6. The number of nitrogens with zero attached hydrogens (tertiary/aromatic N) is 1. The van der Waals surface area contributed by atoms with Crippen molar-refractivity contribution in [2.75, 3.05) is 6.61 Å². The molecule has 5 nitrogen and oxygen atoms in total. The topological polar surface area (TPSA) is 67.0 Å². The Balaban J connectivity index is 1.70. The Morgan fingerprint density at radius 3 is 2.79 bits per heavy atom. The van der Waals surface area contributed by atoms with Gasteiger partial charge in [0.05, 0.1) is 24.1 Å². The fraction of sp³-hybridized carbons (Fsp3) is 0.158. The first-order valence-corrected chi connectivity index (χ1v) is 7.86. The molecule has 1 heterocycles. The summed E-state index contributed by atoms with van der Waals surface area (Å²) >= 11 is 0. The average Bonchev–Trinajstić information content (AvgIpc) is 3.11. The summed E-state index contributed by atoms with van der Waals surface area (Å²) in [5.41, 5.74) is 3.16. The van der Waals surface area contributed by atoms with Crippen LogP contribution in [0.25, 0.3) is 11.3 Å². The molecule has 1 aromatic heterocycles. The fourth-order valence-corrected chi connectivity index (χ4v) is 2.47. The third-order valence-corrected chi connectivity index (χ3v) is 3.61. The van der Waals surface area contributed by atoms with Crippen molar-refractivity contribution in [2.24, 2.45) is 0 Å². The number of hydrogen-bond donors (Lipinski definition) is 2. The lowest BCUT2D eigenvalue weighted by Crippen LogP contribution is -2.23. The van der Waals surface area contributed by atoms with E-state index in [4.69, 9.17) is 4.74 Å². The second-order valence-corrected chi connectivity index (χ2v) is 5.29. The van der Waals surface area contributed by atoms with Gasteiger partial charge in [-0.1, -0.05) is 42.5 Å². The molecular formula is C19H19N3O2. The highest BCUT2D eigenvalue weighted by Gasteiger charge is 2.14. The molecular weight excluding hydrogens is 302 g/mol. The van der Waals surface area contributed by atoms with Crippen molar-refractivity contribution in [3.05, 3.63) is 71.9 Å². The first kappa shape index (κ1) is 15.8. The molecule has 0 bridgehead atoms. The van der Waals surface area contributed by atoms with Crippen LogP contribution in [0.5, 0.6) is 5.75 Å². The minimum absolute atomic E-state index is 0.163. The fourth-order valence-electron chi connectivity index (χ4n) is 2.47. The lowest BCUT2D eigenvalue weighted by molar-refractivity contribution is 0.0951. The van der Waals surface area contributed by atoms with E-state index >= 15 is 0 Å². The van der Waals surface area contributed by atoms with Gasteiger partial charge in [-0.3, -0.25) is 9.89 Å². The molecule has 5 heteroatoms. The first-order valence-electron chi connectivity index (χ1n) is 7.86. The van der Waals surface area contributed by atoms with Gasteiger partial charge in [0.25, 0.3) is 5.91 Å². The van der Waals surface area contributed by atoms with Crippen molar-refractivity contribution in [1.82, 2.24) is 15.5 Å². The predicted octanol–water partition coefficient (Wildman–Crippen LogP) is 3.41. The van der Waals surface area contributed by atoms with Gasteiger partial charge in [0.2, 0.25) is 0 Å².